The molecule has 72 valence electrons. The van der Waals surface area contributed by atoms with Crippen LogP contribution in [0, 0.1) is 0 Å². The summed E-state index contributed by atoms with van der Waals surface area (Å²) in [5.74, 6) is 0. The van der Waals surface area contributed by atoms with Crippen LogP contribution in [0.15, 0.2) is 24.3 Å². The van der Waals surface area contributed by atoms with Crippen LogP contribution in [0.2, 0.25) is 0 Å². The first kappa shape index (κ1) is 12.3. The molecule has 0 saturated heterocycles. The minimum Gasteiger partial charge on any atom is -0.391 e. The van der Waals surface area contributed by atoms with Crippen LogP contribution in [0.4, 0.5) is 0 Å². The molecule has 0 bridgehead atoms. The fourth-order valence-electron chi connectivity index (χ4n) is 1.23. The van der Waals surface area contributed by atoms with E-state index in [0.717, 1.165) is 5.56 Å². The normalized spacial score (nSPS) is 16.2. The van der Waals surface area contributed by atoms with Gasteiger partial charge in [0, 0.05) is 0 Å². The van der Waals surface area contributed by atoms with Crippen molar-refractivity contribution in [1.29, 1.82) is 0 Å². The summed E-state index contributed by atoms with van der Waals surface area (Å²) in [6.07, 6.45) is 0. The van der Waals surface area contributed by atoms with Gasteiger partial charge in [-0.2, -0.15) is 0 Å². The second-order valence-corrected chi connectivity index (χ2v) is 7.02. The van der Waals surface area contributed by atoms with E-state index in [4.69, 9.17) is 0 Å². The van der Waals surface area contributed by atoms with Gasteiger partial charge < -0.3 is 5.11 Å². The van der Waals surface area contributed by atoms with Crippen LogP contribution in [0.5, 0.6) is 0 Å². The SMILES string of the molecule is BC(B)(P)c1cccc(C(B)(O)P)c1. The standard InChI is InChI=1S/C8H15B3OP2/c9-7(10,13)5-2-1-3-6(4-5)8(11,12)14/h1-4,12H,9-11,13-14H2. The molecule has 1 aromatic rings. The van der Waals surface area contributed by atoms with Crippen LogP contribution in [0.3, 0.4) is 0 Å². The topological polar surface area (TPSA) is 20.2 Å². The smallest absolute Gasteiger partial charge is 0.153 e. The number of hydrogen-bond acceptors (Lipinski definition) is 1. The van der Waals surface area contributed by atoms with Crippen molar-refractivity contribution in [3.8, 4) is 0 Å². The van der Waals surface area contributed by atoms with Gasteiger partial charge in [0.15, 0.2) is 7.85 Å². The van der Waals surface area contributed by atoms with Crippen molar-refractivity contribution >= 4 is 42.0 Å². The summed E-state index contributed by atoms with van der Waals surface area (Å²) in [6.45, 7) is 0. The lowest BCUT2D eigenvalue weighted by Gasteiger charge is -2.23. The molecule has 0 aromatic heterocycles. The Morgan fingerprint density at radius 3 is 2.00 bits per heavy atom. The maximum Gasteiger partial charge on any atom is 0.153 e. The first-order valence-electron chi connectivity index (χ1n) is 4.62. The van der Waals surface area contributed by atoms with Crippen molar-refractivity contribution in [2.75, 3.05) is 0 Å². The first-order chi connectivity index (χ1) is 6.21. The highest BCUT2D eigenvalue weighted by Crippen LogP contribution is 2.30. The van der Waals surface area contributed by atoms with Gasteiger partial charge in [0.1, 0.15) is 15.7 Å². The summed E-state index contributed by atoms with van der Waals surface area (Å²) < 4.78 is 0. The van der Waals surface area contributed by atoms with Gasteiger partial charge in [-0.05, 0) is 10.5 Å². The van der Waals surface area contributed by atoms with Crippen molar-refractivity contribution in [2.24, 2.45) is 0 Å². The molecule has 0 aliphatic heterocycles. The van der Waals surface area contributed by atoms with Crippen molar-refractivity contribution in [3.63, 3.8) is 0 Å². The predicted molar refractivity (Wildman–Crippen MR) is 77.1 cm³/mol. The minimum absolute atomic E-state index is 0.0475. The van der Waals surface area contributed by atoms with Gasteiger partial charge in [-0.3, -0.25) is 0 Å². The first-order valence-corrected chi connectivity index (χ1v) is 5.78. The van der Waals surface area contributed by atoms with Gasteiger partial charge in [-0.1, -0.05) is 29.8 Å². The predicted octanol–water partition coefficient (Wildman–Crippen LogP) is -1.45. The average molecular weight is 222 g/mol. The van der Waals surface area contributed by atoms with E-state index in [-0.39, 0.29) is 4.95 Å². The van der Waals surface area contributed by atoms with Gasteiger partial charge in [0.25, 0.3) is 0 Å². The third kappa shape index (κ3) is 3.12. The Morgan fingerprint density at radius 1 is 1.07 bits per heavy atom. The Kier molecular flexibility index (Phi) is 3.52. The van der Waals surface area contributed by atoms with Gasteiger partial charge in [0.05, 0.1) is 5.24 Å². The molecular weight excluding hydrogens is 206 g/mol. The monoisotopic (exact) mass is 222 g/mol. The molecule has 0 radical (unpaired) electrons. The van der Waals surface area contributed by atoms with E-state index in [2.05, 4.69) is 40.2 Å². The molecule has 3 atom stereocenters. The molecule has 0 amide bonds. The van der Waals surface area contributed by atoms with Gasteiger partial charge in [-0.25, -0.2) is 0 Å². The van der Waals surface area contributed by atoms with E-state index >= 15 is 0 Å². The molecule has 0 saturated carbocycles. The lowest BCUT2D eigenvalue weighted by Crippen LogP contribution is -2.21. The molecule has 3 unspecified atom stereocenters. The zero-order valence-electron chi connectivity index (χ0n) is 8.91. The van der Waals surface area contributed by atoms with Crippen molar-refractivity contribution in [2.45, 2.75) is 10.2 Å². The molecule has 0 heterocycles. The molecule has 0 aliphatic carbocycles. The van der Waals surface area contributed by atoms with Crippen LogP contribution in [0.1, 0.15) is 11.1 Å². The van der Waals surface area contributed by atoms with E-state index in [9.17, 15) is 5.11 Å². The van der Waals surface area contributed by atoms with E-state index in [1.54, 1.807) is 7.85 Å². The van der Waals surface area contributed by atoms with Crippen molar-refractivity contribution in [3.05, 3.63) is 35.4 Å². The maximum atomic E-state index is 9.84. The molecule has 1 rings (SSSR count). The maximum absolute atomic E-state index is 9.84. The molecule has 1 nitrogen and oxygen atoms in total. The number of aliphatic hydroxyl groups is 1. The largest absolute Gasteiger partial charge is 0.391 e. The highest BCUT2D eigenvalue weighted by molar-refractivity contribution is 7.25. The molecule has 0 aliphatic rings. The Morgan fingerprint density at radius 2 is 1.57 bits per heavy atom. The fraction of sp³-hybridized carbons (Fsp3) is 0.250. The molecule has 6 heteroatoms. The van der Waals surface area contributed by atoms with E-state index < -0.39 is 5.24 Å². The van der Waals surface area contributed by atoms with Gasteiger partial charge in [0.2, 0.25) is 0 Å². The summed E-state index contributed by atoms with van der Waals surface area (Å²) >= 11 is 0. The summed E-state index contributed by atoms with van der Waals surface area (Å²) in [7, 11) is 11.3. The van der Waals surface area contributed by atoms with Crippen molar-refractivity contribution < 1.29 is 5.11 Å². The average Bonchev–Trinajstić information content (AvgIpc) is 2.01. The summed E-state index contributed by atoms with van der Waals surface area (Å²) in [4.78, 5) is 0.0475. The Hall–Kier alpha value is 0.235. The second kappa shape index (κ2) is 4.01. The van der Waals surface area contributed by atoms with Crippen LogP contribution in [-0.2, 0) is 10.2 Å². The lowest BCUT2D eigenvalue weighted by atomic mass is 9.65. The molecule has 0 spiro atoms. The fourth-order valence-corrected chi connectivity index (χ4v) is 1.59. The quantitative estimate of drug-likeness (QED) is 0.479. The van der Waals surface area contributed by atoms with Crippen LogP contribution < -0.4 is 0 Å². The van der Waals surface area contributed by atoms with E-state index in [1.807, 2.05) is 18.2 Å². The molecule has 14 heavy (non-hydrogen) atoms. The number of benzene rings is 1. The highest BCUT2D eigenvalue weighted by Gasteiger charge is 2.19. The second-order valence-electron chi connectivity index (χ2n) is 4.45. The third-order valence-corrected chi connectivity index (χ3v) is 2.86. The van der Waals surface area contributed by atoms with Gasteiger partial charge >= 0.3 is 0 Å². The van der Waals surface area contributed by atoms with Crippen molar-refractivity contribution in [1.82, 2.24) is 0 Å². The molecule has 0 fully saturated rings. The number of rotatable bonds is 2. The molecule has 1 N–H and O–H groups in total. The Balaban J connectivity index is 3.15. The molecular formula is C8H15B3OP2. The van der Waals surface area contributed by atoms with E-state index in [1.165, 1.54) is 5.56 Å². The van der Waals surface area contributed by atoms with Crippen LogP contribution >= 0.6 is 18.5 Å². The summed E-state index contributed by atoms with van der Waals surface area (Å²) in [6, 6.07) is 8.04. The Bertz CT molecular complexity index is 301. The van der Waals surface area contributed by atoms with Crippen LogP contribution in [-0.4, -0.2) is 28.6 Å². The zero-order chi connectivity index (χ0) is 11.0. The summed E-state index contributed by atoms with van der Waals surface area (Å²) in [5, 5.41) is 8.99. The molecule has 1 aromatic carbocycles. The minimum atomic E-state index is -0.841. The summed E-state index contributed by atoms with van der Waals surface area (Å²) in [5.41, 5.74) is 2.14. The van der Waals surface area contributed by atoms with Gasteiger partial charge in [-0.15, -0.1) is 18.5 Å². The third-order valence-electron chi connectivity index (χ3n) is 2.19. The zero-order valence-corrected chi connectivity index (χ0v) is 11.2. The highest BCUT2D eigenvalue weighted by atomic mass is 31.0. The van der Waals surface area contributed by atoms with E-state index in [0.29, 0.717) is 0 Å². The lowest BCUT2D eigenvalue weighted by molar-refractivity contribution is 0.225. The number of hydrogen-bond donors (Lipinski definition) is 1. The Labute approximate surface area is 93.1 Å². The van der Waals surface area contributed by atoms with Crippen LogP contribution in [0.25, 0.3) is 0 Å².